The lowest BCUT2D eigenvalue weighted by molar-refractivity contribution is -0.143. The Morgan fingerprint density at radius 1 is 1.03 bits per heavy atom. The zero-order valence-electron chi connectivity index (χ0n) is 21.3. The fourth-order valence-electron chi connectivity index (χ4n) is 5.45. The Labute approximate surface area is 237 Å². The van der Waals surface area contributed by atoms with Crippen LogP contribution in [-0.4, -0.2) is 34.6 Å². The SMILES string of the molecule is O=C(O)C[C@@]1(c2nc(-c3ccccc3Cl)cs2)C(=O)NCC(NCc2ccccc2)CC[C@H]1c1ccccc1. The normalized spacial score (nSPS) is 21.5. The van der Waals surface area contributed by atoms with Gasteiger partial charge in [0.1, 0.15) is 10.4 Å². The van der Waals surface area contributed by atoms with E-state index in [0.717, 1.165) is 17.5 Å². The molecule has 3 N–H and O–H groups in total. The maximum absolute atomic E-state index is 14.2. The first-order valence-electron chi connectivity index (χ1n) is 13.0. The predicted molar refractivity (Wildman–Crippen MR) is 155 cm³/mol. The van der Waals surface area contributed by atoms with Crippen molar-refractivity contribution in [3.05, 3.63) is 111 Å². The van der Waals surface area contributed by atoms with Crippen LogP contribution in [0.15, 0.2) is 90.3 Å². The van der Waals surface area contributed by atoms with E-state index in [-0.39, 0.29) is 24.3 Å². The summed E-state index contributed by atoms with van der Waals surface area (Å²) in [6.07, 6.45) is 1.02. The number of hydrogen-bond acceptors (Lipinski definition) is 5. The fraction of sp³-hybridized carbons (Fsp3) is 0.258. The largest absolute Gasteiger partial charge is 0.481 e. The van der Waals surface area contributed by atoms with Gasteiger partial charge in [0, 0.05) is 41.0 Å². The molecule has 2 heterocycles. The van der Waals surface area contributed by atoms with E-state index in [2.05, 4.69) is 22.8 Å². The van der Waals surface area contributed by atoms with Gasteiger partial charge < -0.3 is 15.7 Å². The molecule has 0 aliphatic carbocycles. The number of rotatable bonds is 8. The van der Waals surface area contributed by atoms with E-state index in [0.29, 0.717) is 35.2 Å². The molecule has 8 heteroatoms. The van der Waals surface area contributed by atoms with Gasteiger partial charge in [0.25, 0.3) is 0 Å². The molecule has 3 aromatic carbocycles. The summed E-state index contributed by atoms with van der Waals surface area (Å²) in [7, 11) is 0. The third-order valence-corrected chi connectivity index (χ3v) is 8.77. The van der Waals surface area contributed by atoms with Crippen molar-refractivity contribution in [3.63, 3.8) is 0 Å². The molecule has 39 heavy (non-hydrogen) atoms. The molecule has 1 saturated heterocycles. The number of carbonyl (C=O) groups is 2. The second-order valence-electron chi connectivity index (χ2n) is 9.87. The molecule has 0 spiro atoms. The van der Waals surface area contributed by atoms with Crippen molar-refractivity contribution in [1.82, 2.24) is 15.6 Å². The van der Waals surface area contributed by atoms with E-state index in [1.807, 2.05) is 72.1 Å². The Hall–Kier alpha value is -3.52. The van der Waals surface area contributed by atoms with E-state index >= 15 is 0 Å². The third-order valence-electron chi connectivity index (χ3n) is 7.42. The van der Waals surface area contributed by atoms with Crippen molar-refractivity contribution in [1.29, 1.82) is 0 Å². The number of carbonyl (C=O) groups excluding carboxylic acids is 1. The molecule has 1 aliphatic heterocycles. The van der Waals surface area contributed by atoms with Gasteiger partial charge in [0.2, 0.25) is 5.91 Å². The van der Waals surface area contributed by atoms with Gasteiger partial charge in [-0.3, -0.25) is 9.59 Å². The van der Waals surface area contributed by atoms with Crippen molar-refractivity contribution >= 4 is 34.8 Å². The number of amides is 1. The van der Waals surface area contributed by atoms with E-state index in [1.54, 1.807) is 6.07 Å². The molecule has 6 nitrogen and oxygen atoms in total. The van der Waals surface area contributed by atoms with E-state index < -0.39 is 11.4 Å². The third kappa shape index (κ3) is 5.91. The van der Waals surface area contributed by atoms with Gasteiger partial charge in [-0.1, -0.05) is 90.5 Å². The summed E-state index contributed by atoms with van der Waals surface area (Å²) in [5.41, 5.74) is 2.10. The summed E-state index contributed by atoms with van der Waals surface area (Å²) in [4.78, 5) is 31.4. The van der Waals surface area contributed by atoms with Crippen LogP contribution in [0.5, 0.6) is 0 Å². The summed E-state index contributed by atoms with van der Waals surface area (Å²) >= 11 is 7.77. The fourth-order valence-corrected chi connectivity index (χ4v) is 6.76. The van der Waals surface area contributed by atoms with Crippen LogP contribution >= 0.6 is 22.9 Å². The molecule has 1 fully saturated rings. The van der Waals surface area contributed by atoms with Gasteiger partial charge in [-0.2, -0.15) is 0 Å². The van der Waals surface area contributed by atoms with Crippen molar-refractivity contribution in [2.45, 2.75) is 43.2 Å². The molecule has 200 valence electrons. The average molecular weight is 560 g/mol. The van der Waals surface area contributed by atoms with Crippen LogP contribution in [0.25, 0.3) is 11.3 Å². The molecular formula is C31H30ClN3O3S. The number of nitrogens with one attached hydrogen (secondary N) is 2. The van der Waals surface area contributed by atoms with Crippen LogP contribution in [0.1, 0.15) is 41.3 Å². The Kier molecular flexibility index (Phi) is 8.41. The summed E-state index contributed by atoms with van der Waals surface area (Å²) in [5.74, 6) is -1.74. The standard InChI is InChI=1S/C31H30ClN3O3S/c32-26-14-8-7-13-24(26)27-20-39-30(35-27)31(17-28(36)37)25(22-11-5-2-6-12-22)16-15-23(19-34-29(31)38)33-18-21-9-3-1-4-10-21/h1-14,20,23,25,33H,15-19H2,(H,34,38)(H,36,37)/t23?,25-,31-/m0/s1. The molecule has 0 bridgehead atoms. The van der Waals surface area contributed by atoms with Gasteiger partial charge in [-0.25, -0.2) is 4.98 Å². The highest BCUT2D eigenvalue weighted by Gasteiger charge is 2.52. The first-order chi connectivity index (χ1) is 19.0. The topological polar surface area (TPSA) is 91.3 Å². The lowest BCUT2D eigenvalue weighted by atomic mass is 9.66. The van der Waals surface area contributed by atoms with Gasteiger partial charge in [0.05, 0.1) is 12.1 Å². The molecule has 5 rings (SSSR count). The Morgan fingerprint density at radius 2 is 1.72 bits per heavy atom. The molecule has 0 saturated carbocycles. The minimum atomic E-state index is -1.37. The minimum Gasteiger partial charge on any atom is -0.481 e. The number of carboxylic acids is 1. The number of thiazole rings is 1. The molecular weight excluding hydrogens is 530 g/mol. The summed E-state index contributed by atoms with van der Waals surface area (Å²) in [5, 5.41) is 19.7. The monoisotopic (exact) mass is 559 g/mol. The van der Waals surface area contributed by atoms with Crippen molar-refractivity contribution in [3.8, 4) is 11.3 Å². The first-order valence-corrected chi connectivity index (χ1v) is 14.3. The Bertz CT molecular complexity index is 1430. The van der Waals surface area contributed by atoms with Crippen LogP contribution < -0.4 is 10.6 Å². The van der Waals surface area contributed by atoms with Crippen molar-refractivity contribution < 1.29 is 14.7 Å². The number of benzene rings is 3. The average Bonchev–Trinajstić information content (AvgIpc) is 3.44. The molecule has 4 aromatic rings. The summed E-state index contributed by atoms with van der Waals surface area (Å²) in [6.45, 7) is 1.09. The maximum atomic E-state index is 14.2. The molecule has 0 radical (unpaired) electrons. The van der Waals surface area contributed by atoms with Gasteiger partial charge >= 0.3 is 5.97 Å². The second-order valence-corrected chi connectivity index (χ2v) is 11.1. The van der Waals surface area contributed by atoms with E-state index in [9.17, 15) is 14.7 Å². The molecule has 1 unspecified atom stereocenters. The number of hydrogen-bond donors (Lipinski definition) is 3. The first kappa shape index (κ1) is 27.1. The Balaban J connectivity index is 1.53. The molecule has 1 aliphatic rings. The van der Waals surface area contributed by atoms with Gasteiger partial charge in [0.15, 0.2) is 0 Å². The number of aliphatic carboxylic acids is 1. The highest BCUT2D eigenvalue weighted by Crippen LogP contribution is 2.48. The van der Waals surface area contributed by atoms with Crippen LogP contribution in [0.2, 0.25) is 5.02 Å². The number of carboxylic acid groups (broad SMARTS) is 1. The number of nitrogens with zero attached hydrogens (tertiary/aromatic N) is 1. The lowest BCUT2D eigenvalue weighted by Crippen LogP contribution is -2.54. The second kappa shape index (κ2) is 12.1. The molecule has 1 aromatic heterocycles. The zero-order valence-corrected chi connectivity index (χ0v) is 22.9. The zero-order chi connectivity index (χ0) is 27.2. The van der Waals surface area contributed by atoms with E-state index in [4.69, 9.17) is 16.6 Å². The molecule has 1 amide bonds. The number of halogens is 1. The van der Waals surface area contributed by atoms with Crippen molar-refractivity contribution in [2.75, 3.05) is 6.54 Å². The summed E-state index contributed by atoms with van der Waals surface area (Å²) < 4.78 is 0. The molecule has 3 atom stereocenters. The van der Waals surface area contributed by atoms with Crippen LogP contribution in [0.4, 0.5) is 0 Å². The summed E-state index contributed by atoms with van der Waals surface area (Å²) in [6, 6.07) is 27.3. The minimum absolute atomic E-state index is 0.0400. The number of aromatic nitrogens is 1. The highest BCUT2D eigenvalue weighted by atomic mass is 35.5. The van der Waals surface area contributed by atoms with Crippen LogP contribution in [-0.2, 0) is 21.5 Å². The Morgan fingerprint density at radius 3 is 2.44 bits per heavy atom. The smallest absolute Gasteiger partial charge is 0.304 e. The van der Waals surface area contributed by atoms with Crippen LogP contribution in [0.3, 0.4) is 0 Å². The van der Waals surface area contributed by atoms with E-state index in [1.165, 1.54) is 16.9 Å². The lowest BCUT2D eigenvalue weighted by Gasteiger charge is -2.40. The van der Waals surface area contributed by atoms with Gasteiger partial charge in [-0.05, 0) is 30.0 Å². The van der Waals surface area contributed by atoms with Crippen LogP contribution in [0, 0.1) is 0 Å². The maximum Gasteiger partial charge on any atom is 0.304 e. The predicted octanol–water partition coefficient (Wildman–Crippen LogP) is 6.03. The quantitative estimate of drug-likeness (QED) is 0.245. The van der Waals surface area contributed by atoms with Crippen molar-refractivity contribution in [2.24, 2.45) is 0 Å². The van der Waals surface area contributed by atoms with Gasteiger partial charge in [-0.15, -0.1) is 11.3 Å². The highest BCUT2D eigenvalue weighted by molar-refractivity contribution is 7.10.